The molecule has 0 aliphatic heterocycles. The molecule has 0 saturated heterocycles. The van der Waals surface area contributed by atoms with Gasteiger partial charge >= 0.3 is 0 Å². The standard InChI is InChI=1S/C11H11F2N3O/c12-8-2-1-6(3-9(8)13)4-10(17)7-5-15-16-11(7)14/h1-3,5,10,17H,4H2,(H3,14,15,16). The van der Waals surface area contributed by atoms with Gasteiger partial charge in [-0.3, -0.25) is 5.10 Å². The zero-order chi connectivity index (χ0) is 12.4. The number of aromatic nitrogens is 2. The van der Waals surface area contributed by atoms with E-state index in [2.05, 4.69) is 10.2 Å². The van der Waals surface area contributed by atoms with Crippen LogP contribution in [0.2, 0.25) is 0 Å². The predicted molar refractivity (Wildman–Crippen MR) is 58.0 cm³/mol. The van der Waals surface area contributed by atoms with Crippen molar-refractivity contribution in [2.45, 2.75) is 12.5 Å². The number of hydrogen-bond acceptors (Lipinski definition) is 3. The molecule has 1 heterocycles. The smallest absolute Gasteiger partial charge is 0.159 e. The maximum absolute atomic E-state index is 13.0. The van der Waals surface area contributed by atoms with E-state index in [0.29, 0.717) is 11.1 Å². The Labute approximate surface area is 96.1 Å². The van der Waals surface area contributed by atoms with Gasteiger partial charge < -0.3 is 10.8 Å². The maximum Gasteiger partial charge on any atom is 0.159 e. The number of aliphatic hydroxyl groups is 1. The van der Waals surface area contributed by atoms with Crippen LogP contribution in [0.3, 0.4) is 0 Å². The lowest BCUT2D eigenvalue weighted by Crippen LogP contribution is -2.04. The van der Waals surface area contributed by atoms with Gasteiger partial charge in [-0.2, -0.15) is 5.10 Å². The Kier molecular flexibility index (Phi) is 3.06. The fourth-order valence-corrected chi connectivity index (χ4v) is 1.57. The molecule has 1 atom stereocenters. The predicted octanol–water partition coefficient (Wildman–Crippen LogP) is 1.55. The molecular weight excluding hydrogens is 228 g/mol. The number of aliphatic hydroxyl groups excluding tert-OH is 1. The second-order valence-electron chi connectivity index (χ2n) is 3.71. The number of nitrogen functional groups attached to an aromatic ring is 1. The van der Waals surface area contributed by atoms with E-state index in [9.17, 15) is 13.9 Å². The maximum atomic E-state index is 13.0. The number of hydrogen-bond donors (Lipinski definition) is 3. The third-order valence-electron chi connectivity index (χ3n) is 2.47. The van der Waals surface area contributed by atoms with Crippen molar-refractivity contribution in [3.8, 4) is 0 Å². The summed E-state index contributed by atoms with van der Waals surface area (Å²) in [7, 11) is 0. The van der Waals surface area contributed by atoms with Crippen LogP contribution in [0.15, 0.2) is 24.4 Å². The fourth-order valence-electron chi connectivity index (χ4n) is 1.57. The summed E-state index contributed by atoms with van der Waals surface area (Å²) in [6, 6.07) is 3.49. The van der Waals surface area contributed by atoms with Gasteiger partial charge in [0.2, 0.25) is 0 Å². The summed E-state index contributed by atoms with van der Waals surface area (Å²) >= 11 is 0. The number of rotatable bonds is 3. The zero-order valence-electron chi connectivity index (χ0n) is 8.82. The molecule has 0 aliphatic rings. The summed E-state index contributed by atoms with van der Waals surface area (Å²) in [4.78, 5) is 0. The molecule has 0 spiro atoms. The van der Waals surface area contributed by atoms with E-state index in [1.54, 1.807) is 0 Å². The molecule has 0 amide bonds. The first-order valence-corrected chi connectivity index (χ1v) is 4.98. The highest BCUT2D eigenvalue weighted by atomic mass is 19.2. The average molecular weight is 239 g/mol. The molecule has 6 heteroatoms. The minimum Gasteiger partial charge on any atom is -0.388 e. The Hall–Kier alpha value is -1.95. The van der Waals surface area contributed by atoms with Crippen LogP contribution in [-0.4, -0.2) is 15.3 Å². The number of nitrogens with zero attached hydrogens (tertiary/aromatic N) is 1. The van der Waals surface area contributed by atoms with Gasteiger partial charge in [0.1, 0.15) is 5.82 Å². The molecule has 90 valence electrons. The van der Waals surface area contributed by atoms with Crippen molar-refractivity contribution in [3.05, 3.63) is 47.2 Å². The molecule has 17 heavy (non-hydrogen) atoms. The fraction of sp³-hybridized carbons (Fsp3) is 0.182. The second kappa shape index (κ2) is 4.50. The molecule has 1 aromatic heterocycles. The van der Waals surface area contributed by atoms with E-state index in [1.807, 2.05) is 0 Å². The van der Waals surface area contributed by atoms with E-state index in [4.69, 9.17) is 5.73 Å². The summed E-state index contributed by atoms with van der Waals surface area (Å²) < 4.78 is 25.7. The third-order valence-corrected chi connectivity index (χ3v) is 2.47. The molecule has 0 radical (unpaired) electrons. The lowest BCUT2D eigenvalue weighted by atomic mass is 10.0. The van der Waals surface area contributed by atoms with Crippen LogP contribution >= 0.6 is 0 Å². The number of nitrogens with two attached hydrogens (primary N) is 1. The lowest BCUT2D eigenvalue weighted by Gasteiger charge is -2.09. The van der Waals surface area contributed by atoms with E-state index in [-0.39, 0.29) is 12.2 Å². The highest BCUT2D eigenvalue weighted by Crippen LogP contribution is 2.22. The van der Waals surface area contributed by atoms with E-state index < -0.39 is 17.7 Å². The molecule has 2 rings (SSSR count). The summed E-state index contributed by atoms with van der Waals surface area (Å²) in [5.74, 6) is -1.58. The Balaban J connectivity index is 2.16. The normalized spacial score (nSPS) is 12.6. The monoisotopic (exact) mass is 239 g/mol. The Morgan fingerprint density at radius 1 is 1.35 bits per heavy atom. The van der Waals surface area contributed by atoms with Crippen LogP contribution in [0.25, 0.3) is 0 Å². The Morgan fingerprint density at radius 3 is 2.71 bits per heavy atom. The largest absolute Gasteiger partial charge is 0.388 e. The van der Waals surface area contributed by atoms with Crippen LogP contribution in [0.1, 0.15) is 17.2 Å². The summed E-state index contributed by atoms with van der Waals surface area (Å²) in [5, 5.41) is 16.0. The van der Waals surface area contributed by atoms with E-state index in [1.165, 1.54) is 12.3 Å². The molecule has 0 bridgehead atoms. The molecule has 2 aromatic rings. The van der Waals surface area contributed by atoms with Gasteiger partial charge in [-0.05, 0) is 17.7 Å². The Bertz CT molecular complexity index is 527. The van der Waals surface area contributed by atoms with Crippen LogP contribution in [0, 0.1) is 11.6 Å². The summed E-state index contributed by atoms with van der Waals surface area (Å²) in [6.07, 6.45) is 0.638. The van der Waals surface area contributed by atoms with Crippen molar-refractivity contribution in [2.24, 2.45) is 0 Å². The minimum absolute atomic E-state index is 0.140. The van der Waals surface area contributed by atoms with Crippen molar-refractivity contribution >= 4 is 5.82 Å². The molecular formula is C11H11F2N3O. The Morgan fingerprint density at radius 2 is 2.12 bits per heavy atom. The number of aromatic amines is 1. The zero-order valence-corrected chi connectivity index (χ0v) is 8.82. The van der Waals surface area contributed by atoms with Gasteiger partial charge in [0.05, 0.1) is 12.3 Å². The number of anilines is 1. The quantitative estimate of drug-likeness (QED) is 0.760. The van der Waals surface area contributed by atoms with Crippen molar-refractivity contribution in [1.82, 2.24) is 10.2 Å². The number of halogens is 2. The van der Waals surface area contributed by atoms with Crippen LogP contribution in [-0.2, 0) is 6.42 Å². The second-order valence-corrected chi connectivity index (χ2v) is 3.71. The van der Waals surface area contributed by atoms with E-state index in [0.717, 1.165) is 12.1 Å². The average Bonchev–Trinajstić information content (AvgIpc) is 2.70. The van der Waals surface area contributed by atoms with Gasteiger partial charge in [-0.25, -0.2) is 8.78 Å². The third kappa shape index (κ3) is 2.42. The van der Waals surface area contributed by atoms with Crippen LogP contribution in [0.4, 0.5) is 14.6 Å². The molecule has 4 N–H and O–H groups in total. The van der Waals surface area contributed by atoms with Gasteiger partial charge in [0, 0.05) is 12.0 Å². The highest BCUT2D eigenvalue weighted by molar-refractivity contribution is 5.39. The van der Waals surface area contributed by atoms with Gasteiger partial charge in [-0.15, -0.1) is 0 Å². The summed E-state index contributed by atoms with van der Waals surface area (Å²) in [5.41, 5.74) is 6.46. The molecule has 0 aliphatic carbocycles. The number of nitrogens with one attached hydrogen (secondary N) is 1. The molecule has 0 fully saturated rings. The van der Waals surface area contributed by atoms with Crippen LogP contribution in [0.5, 0.6) is 0 Å². The SMILES string of the molecule is Nc1[nH]ncc1C(O)Cc1ccc(F)c(F)c1. The van der Waals surface area contributed by atoms with Gasteiger partial charge in [0.15, 0.2) is 11.6 Å². The number of H-pyrrole nitrogens is 1. The van der Waals surface area contributed by atoms with Crippen molar-refractivity contribution in [1.29, 1.82) is 0 Å². The molecule has 1 unspecified atom stereocenters. The highest BCUT2D eigenvalue weighted by Gasteiger charge is 2.14. The number of benzene rings is 1. The minimum atomic E-state index is -0.935. The lowest BCUT2D eigenvalue weighted by molar-refractivity contribution is 0.179. The summed E-state index contributed by atoms with van der Waals surface area (Å²) in [6.45, 7) is 0. The first-order valence-electron chi connectivity index (χ1n) is 4.98. The molecule has 4 nitrogen and oxygen atoms in total. The first-order chi connectivity index (χ1) is 8.08. The molecule has 1 aromatic carbocycles. The van der Waals surface area contributed by atoms with Crippen molar-refractivity contribution in [3.63, 3.8) is 0 Å². The topological polar surface area (TPSA) is 74.9 Å². The van der Waals surface area contributed by atoms with Gasteiger partial charge in [-0.1, -0.05) is 6.07 Å². The first kappa shape index (κ1) is 11.5. The van der Waals surface area contributed by atoms with E-state index >= 15 is 0 Å². The van der Waals surface area contributed by atoms with Crippen molar-refractivity contribution < 1.29 is 13.9 Å². The van der Waals surface area contributed by atoms with Gasteiger partial charge in [0.25, 0.3) is 0 Å². The molecule has 0 saturated carbocycles. The van der Waals surface area contributed by atoms with Crippen molar-refractivity contribution in [2.75, 3.05) is 5.73 Å². The van der Waals surface area contributed by atoms with Crippen LogP contribution < -0.4 is 5.73 Å².